The number of nitrogens with one attached hydrogen (secondary N) is 2. The number of H-pyrrole nitrogens is 1. The number of halogens is 2. The van der Waals surface area contributed by atoms with Crippen LogP contribution in [0.2, 0.25) is 0 Å². The van der Waals surface area contributed by atoms with E-state index in [0.717, 1.165) is 18.2 Å². The standard InChI is InChI=1S/C15H12F2N2O4/c1-8(20)9-5-12(18-6-9)15(22)23-7-13(21)19-14-10(16)3-2-4-11(14)17/h2-6,18H,7H2,1H3,(H,19,21). The zero-order valence-electron chi connectivity index (χ0n) is 12.0. The van der Waals surface area contributed by atoms with Crippen LogP contribution in [0.4, 0.5) is 14.5 Å². The molecule has 0 aliphatic rings. The first-order chi connectivity index (χ1) is 10.9. The van der Waals surface area contributed by atoms with Crippen LogP contribution in [-0.4, -0.2) is 29.3 Å². The predicted molar refractivity (Wildman–Crippen MR) is 76.1 cm³/mol. The number of aromatic nitrogens is 1. The third-order valence-corrected chi connectivity index (χ3v) is 2.87. The first kappa shape index (κ1) is 16.3. The number of ether oxygens (including phenoxy) is 1. The Kier molecular flexibility index (Phi) is 4.85. The summed E-state index contributed by atoms with van der Waals surface area (Å²) in [4.78, 5) is 36.9. The molecule has 0 fully saturated rings. The van der Waals surface area contributed by atoms with Crippen LogP contribution in [0, 0.1) is 11.6 Å². The average Bonchev–Trinajstić information content (AvgIpc) is 2.99. The summed E-state index contributed by atoms with van der Waals surface area (Å²) < 4.78 is 31.4. The molecule has 0 saturated carbocycles. The van der Waals surface area contributed by atoms with Crippen LogP contribution in [0.1, 0.15) is 27.8 Å². The molecule has 2 N–H and O–H groups in total. The Bertz CT molecular complexity index is 750. The van der Waals surface area contributed by atoms with Crippen molar-refractivity contribution in [2.75, 3.05) is 11.9 Å². The van der Waals surface area contributed by atoms with E-state index in [1.807, 2.05) is 5.32 Å². The van der Waals surface area contributed by atoms with Crippen LogP contribution >= 0.6 is 0 Å². The Balaban J connectivity index is 1.93. The largest absolute Gasteiger partial charge is 0.451 e. The Morgan fingerprint density at radius 3 is 2.43 bits per heavy atom. The molecule has 1 aromatic carbocycles. The van der Waals surface area contributed by atoms with Crippen molar-refractivity contribution < 1.29 is 27.9 Å². The molecule has 0 aliphatic carbocycles. The highest BCUT2D eigenvalue weighted by Crippen LogP contribution is 2.17. The summed E-state index contributed by atoms with van der Waals surface area (Å²) >= 11 is 0. The Hall–Kier alpha value is -3.03. The van der Waals surface area contributed by atoms with Crippen molar-refractivity contribution in [2.45, 2.75) is 6.92 Å². The highest BCUT2D eigenvalue weighted by molar-refractivity contribution is 5.98. The molecule has 2 aromatic rings. The monoisotopic (exact) mass is 322 g/mol. The lowest BCUT2D eigenvalue weighted by atomic mass is 10.2. The molecule has 1 heterocycles. The maximum absolute atomic E-state index is 13.4. The van der Waals surface area contributed by atoms with Crippen LogP contribution in [0.25, 0.3) is 0 Å². The lowest BCUT2D eigenvalue weighted by Gasteiger charge is -2.07. The number of Topliss-reactive ketones (excluding diaryl/α,β-unsaturated/α-hetero) is 1. The van der Waals surface area contributed by atoms with Crippen molar-refractivity contribution in [3.05, 3.63) is 53.4 Å². The molecule has 0 saturated heterocycles. The third kappa shape index (κ3) is 4.00. The first-order valence-electron chi connectivity index (χ1n) is 6.49. The molecule has 8 heteroatoms. The summed E-state index contributed by atoms with van der Waals surface area (Å²) in [6.45, 7) is 0.593. The number of amides is 1. The van der Waals surface area contributed by atoms with E-state index in [9.17, 15) is 23.2 Å². The van der Waals surface area contributed by atoms with E-state index in [-0.39, 0.29) is 17.0 Å². The summed E-state index contributed by atoms with van der Waals surface area (Å²) in [5, 5.41) is 1.98. The van der Waals surface area contributed by atoms with Gasteiger partial charge in [0.15, 0.2) is 12.4 Å². The minimum Gasteiger partial charge on any atom is -0.451 e. The van der Waals surface area contributed by atoms with E-state index < -0.39 is 35.8 Å². The van der Waals surface area contributed by atoms with Crippen molar-refractivity contribution in [3.8, 4) is 0 Å². The maximum atomic E-state index is 13.4. The lowest BCUT2D eigenvalue weighted by molar-refractivity contribution is -0.119. The number of aromatic amines is 1. The van der Waals surface area contributed by atoms with E-state index in [2.05, 4.69) is 4.98 Å². The summed E-state index contributed by atoms with van der Waals surface area (Å²) in [5.74, 6) is -3.91. The number of hydrogen-bond donors (Lipinski definition) is 2. The van der Waals surface area contributed by atoms with Gasteiger partial charge < -0.3 is 15.0 Å². The lowest BCUT2D eigenvalue weighted by Crippen LogP contribution is -2.22. The molecule has 0 atom stereocenters. The zero-order chi connectivity index (χ0) is 17.0. The van der Waals surface area contributed by atoms with E-state index in [1.54, 1.807) is 0 Å². The molecule has 120 valence electrons. The fraction of sp³-hybridized carbons (Fsp3) is 0.133. The quantitative estimate of drug-likeness (QED) is 0.653. The molecule has 0 bridgehead atoms. The Morgan fingerprint density at radius 1 is 1.22 bits per heavy atom. The second-order valence-electron chi connectivity index (χ2n) is 4.58. The molecule has 0 unspecified atom stereocenters. The van der Waals surface area contributed by atoms with Gasteiger partial charge in [-0.05, 0) is 25.1 Å². The van der Waals surface area contributed by atoms with Crippen molar-refractivity contribution in [3.63, 3.8) is 0 Å². The minimum absolute atomic E-state index is 0.0138. The van der Waals surface area contributed by atoms with E-state index in [0.29, 0.717) is 0 Å². The molecule has 1 aromatic heterocycles. The van der Waals surface area contributed by atoms with Crippen molar-refractivity contribution in [1.82, 2.24) is 4.98 Å². The summed E-state index contributed by atoms with van der Waals surface area (Å²) in [6, 6.07) is 4.39. The number of ketones is 1. The van der Waals surface area contributed by atoms with Gasteiger partial charge in [-0.3, -0.25) is 9.59 Å². The number of esters is 1. The van der Waals surface area contributed by atoms with Gasteiger partial charge in [-0.15, -0.1) is 0 Å². The van der Waals surface area contributed by atoms with Gasteiger partial charge in [-0.2, -0.15) is 0 Å². The third-order valence-electron chi connectivity index (χ3n) is 2.87. The second kappa shape index (κ2) is 6.82. The van der Waals surface area contributed by atoms with E-state index in [1.165, 1.54) is 19.2 Å². The van der Waals surface area contributed by atoms with Gasteiger partial charge >= 0.3 is 5.97 Å². The van der Waals surface area contributed by atoms with Crippen LogP contribution in [0.15, 0.2) is 30.5 Å². The molecule has 0 radical (unpaired) electrons. The fourth-order valence-corrected chi connectivity index (χ4v) is 1.72. The van der Waals surface area contributed by atoms with Gasteiger partial charge in [0.05, 0.1) is 0 Å². The number of para-hydroxylation sites is 1. The molecule has 0 spiro atoms. The number of carbonyl (C=O) groups is 3. The molecule has 23 heavy (non-hydrogen) atoms. The number of rotatable bonds is 5. The molecular formula is C15H12F2N2O4. The van der Waals surface area contributed by atoms with Gasteiger partial charge in [0.25, 0.3) is 5.91 Å². The minimum atomic E-state index is -0.944. The van der Waals surface area contributed by atoms with Crippen molar-refractivity contribution in [2.24, 2.45) is 0 Å². The Morgan fingerprint density at radius 2 is 1.87 bits per heavy atom. The van der Waals surface area contributed by atoms with Crippen LogP contribution in [-0.2, 0) is 9.53 Å². The SMILES string of the molecule is CC(=O)c1c[nH]c(C(=O)OCC(=O)Nc2c(F)cccc2F)c1. The van der Waals surface area contributed by atoms with Gasteiger partial charge in [0, 0.05) is 11.8 Å². The maximum Gasteiger partial charge on any atom is 0.355 e. The van der Waals surface area contributed by atoms with Crippen LogP contribution in [0.5, 0.6) is 0 Å². The topological polar surface area (TPSA) is 88.3 Å². The van der Waals surface area contributed by atoms with Crippen LogP contribution in [0.3, 0.4) is 0 Å². The number of hydrogen-bond acceptors (Lipinski definition) is 4. The fourth-order valence-electron chi connectivity index (χ4n) is 1.72. The predicted octanol–water partition coefficient (Wildman–Crippen LogP) is 2.29. The smallest absolute Gasteiger partial charge is 0.355 e. The molecule has 1 amide bonds. The van der Waals surface area contributed by atoms with Crippen molar-refractivity contribution >= 4 is 23.3 Å². The van der Waals surface area contributed by atoms with Gasteiger partial charge in [0.2, 0.25) is 0 Å². The highest BCUT2D eigenvalue weighted by atomic mass is 19.1. The molecule has 2 rings (SSSR count). The average molecular weight is 322 g/mol. The summed E-state index contributed by atoms with van der Waals surface area (Å²) in [7, 11) is 0. The molecular weight excluding hydrogens is 310 g/mol. The zero-order valence-corrected chi connectivity index (χ0v) is 12.0. The summed E-state index contributed by atoms with van der Waals surface area (Å²) in [5.41, 5.74) is -0.345. The van der Waals surface area contributed by atoms with Gasteiger partial charge in [-0.25, -0.2) is 13.6 Å². The van der Waals surface area contributed by atoms with Gasteiger partial charge in [-0.1, -0.05) is 6.07 Å². The number of carbonyl (C=O) groups excluding carboxylic acids is 3. The second-order valence-corrected chi connectivity index (χ2v) is 4.58. The van der Waals surface area contributed by atoms with E-state index in [4.69, 9.17) is 4.74 Å². The van der Waals surface area contributed by atoms with Gasteiger partial charge in [0.1, 0.15) is 23.0 Å². The molecule has 6 nitrogen and oxygen atoms in total. The van der Waals surface area contributed by atoms with Crippen molar-refractivity contribution in [1.29, 1.82) is 0 Å². The number of benzene rings is 1. The molecule has 0 aliphatic heterocycles. The highest BCUT2D eigenvalue weighted by Gasteiger charge is 2.16. The van der Waals surface area contributed by atoms with Crippen LogP contribution < -0.4 is 5.32 Å². The Labute approximate surface area is 129 Å². The normalized spacial score (nSPS) is 10.2. The first-order valence-corrected chi connectivity index (χ1v) is 6.49. The summed E-state index contributed by atoms with van der Waals surface area (Å²) in [6.07, 6.45) is 1.33. The van der Waals surface area contributed by atoms with E-state index >= 15 is 0 Å². The number of anilines is 1.